The van der Waals surface area contributed by atoms with E-state index in [0.29, 0.717) is 18.2 Å². The lowest BCUT2D eigenvalue weighted by molar-refractivity contribution is -0.0489. The van der Waals surface area contributed by atoms with Crippen LogP contribution in [0.3, 0.4) is 0 Å². The number of fused-ring (bicyclic) bond motifs is 1. The first kappa shape index (κ1) is 11.9. The fourth-order valence-corrected chi connectivity index (χ4v) is 3.47. The molecular weight excluding hydrogens is 216 g/mol. The zero-order chi connectivity index (χ0) is 11.7. The van der Waals surface area contributed by atoms with Crippen LogP contribution in [0.15, 0.2) is 0 Å². The SMILES string of the molecule is O[C@H]1CCC[C@@H]1NCC1CN2CCCC2CO1. The Morgan fingerprint density at radius 2 is 2.18 bits per heavy atom. The van der Waals surface area contributed by atoms with Crippen LogP contribution >= 0.6 is 0 Å². The molecule has 3 fully saturated rings. The van der Waals surface area contributed by atoms with Gasteiger partial charge in [0.25, 0.3) is 0 Å². The van der Waals surface area contributed by atoms with E-state index in [1.807, 2.05) is 0 Å². The van der Waals surface area contributed by atoms with E-state index in [1.165, 1.54) is 19.4 Å². The maximum absolute atomic E-state index is 9.75. The van der Waals surface area contributed by atoms with E-state index in [9.17, 15) is 5.11 Å². The maximum atomic E-state index is 9.75. The molecule has 3 rings (SSSR count). The molecule has 4 heteroatoms. The Bertz CT molecular complexity index is 262. The predicted molar refractivity (Wildman–Crippen MR) is 66.0 cm³/mol. The van der Waals surface area contributed by atoms with Crippen LogP contribution in [0.25, 0.3) is 0 Å². The molecular formula is C13H24N2O2. The second kappa shape index (κ2) is 5.22. The molecule has 4 atom stereocenters. The van der Waals surface area contributed by atoms with Gasteiger partial charge >= 0.3 is 0 Å². The smallest absolute Gasteiger partial charge is 0.0827 e. The predicted octanol–water partition coefficient (Wildman–Crippen LogP) is 0.353. The monoisotopic (exact) mass is 240 g/mol. The molecule has 1 saturated carbocycles. The highest BCUT2D eigenvalue weighted by Crippen LogP contribution is 2.23. The van der Waals surface area contributed by atoms with Crippen LogP contribution in [0.1, 0.15) is 32.1 Å². The fraction of sp³-hybridized carbons (Fsp3) is 1.00. The third-order valence-corrected chi connectivity index (χ3v) is 4.55. The number of rotatable bonds is 3. The first-order valence-corrected chi connectivity index (χ1v) is 7.10. The highest BCUT2D eigenvalue weighted by atomic mass is 16.5. The van der Waals surface area contributed by atoms with Crippen molar-refractivity contribution in [1.29, 1.82) is 0 Å². The maximum Gasteiger partial charge on any atom is 0.0827 e. The van der Waals surface area contributed by atoms with Crippen molar-refractivity contribution < 1.29 is 9.84 Å². The van der Waals surface area contributed by atoms with Crippen molar-refractivity contribution in [2.75, 3.05) is 26.2 Å². The van der Waals surface area contributed by atoms with Crippen LogP contribution in [0.4, 0.5) is 0 Å². The van der Waals surface area contributed by atoms with E-state index in [-0.39, 0.29) is 6.10 Å². The lowest BCUT2D eigenvalue weighted by Crippen LogP contribution is -2.51. The van der Waals surface area contributed by atoms with E-state index >= 15 is 0 Å². The molecule has 4 nitrogen and oxygen atoms in total. The molecule has 0 radical (unpaired) electrons. The standard InChI is InChI=1S/C13H24N2O2/c16-13-5-1-4-12(13)14-7-11-8-15-6-2-3-10(15)9-17-11/h10-14,16H,1-9H2/t10?,11?,12-,13-/m0/s1. The van der Waals surface area contributed by atoms with Gasteiger partial charge in [-0.05, 0) is 38.6 Å². The number of morpholine rings is 1. The first-order chi connectivity index (χ1) is 8.33. The Labute approximate surface area is 103 Å². The van der Waals surface area contributed by atoms with Crippen molar-refractivity contribution in [3.05, 3.63) is 0 Å². The van der Waals surface area contributed by atoms with Gasteiger partial charge in [0.05, 0.1) is 18.8 Å². The molecule has 2 heterocycles. The van der Waals surface area contributed by atoms with Gasteiger partial charge in [-0.1, -0.05) is 0 Å². The summed E-state index contributed by atoms with van der Waals surface area (Å²) in [7, 11) is 0. The van der Waals surface area contributed by atoms with E-state index in [1.54, 1.807) is 0 Å². The second-order valence-electron chi connectivity index (χ2n) is 5.76. The minimum Gasteiger partial charge on any atom is -0.392 e. The largest absolute Gasteiger partial charge is 0.392 e. The number of nitrogens with one attached hydrogen (secondary N) is 1. The van der Waals surface area contributed by atoms with Gasteiger partial charge in [-0.2, -0.15) is 0 Å². The third-order valence-electron chi connectivity index (χ3n) is 4.55. The molecule has 2 unspecified atom stereocenters. The summed E-state index contributed by atoms with van der Waals surface area (Å²) in [5.74, 6) is 0. The third kappa shape index (κ3) is 2.65. The highest BCUT2D eigenvalue weighted by molar-refractivity contribution is 4.88. The second-order valence-corrected chi connectivity index (χ2v) is 5.76. The minimum atomic E-state index is -0.141. The molecule has 0 aromatic heterocycles. The Hall–Kier alpha value is -0.160. The molecule has 2 N–H and O–H groups in total. The van der Waals surface area contributed by atoms with Gasteiger partial charge in [0.2, 0.25) is 0 Å². The Morgan fingerprint density at radius 3 is 3.00 bits per heavy atom. The molecule has 0 amide bonds. The molecule has 0 spiro atoms. The first-order valence-electron chi connectivity index (χ1n) is 7.10. The normalized spacial score (nSPS) is 42.9. The number of ether oxygens (including phenoxy) is 1. The number of aliphatic hydroxyl groups is 1. The van der Waals surface area contributed by atoms with Crippen molar-refractivity contribution in [3.8, 4) is 0 Å². The molecule has 98 valence electrons. The molecule has 2 saturated heterocycles. The van der Waals surface area contributed by atoms with Gasteiger partial charge in [-0.3, -0.25) is 4.90 Å². The quantitative estimate of drug-likeness (QED) is 0.747. The Morgan fingerprint density at radius 1 is 1.24 bits per heavy atom. The molecule has 3 aliphatic rings. The summed E-state index contributed by atoms with van der Waals surface area (Å²) in [5.41, 5.74) is 0. The fourth-order valence-electron chi connectivity index (χ4n) is 3.47. The van der Waals surface area contributed by atoms with Gasteiger partial charge in [0.1, 0.15) is 0 Å². The van der Waals surface area contributed by atoms with Gasteiger partial charge in [0, 0.05) is 25.2 Å². The number of aliphatic hydroxyl groups excluding tert-OH is 1. The van der Waals surface area contributed by atoms with Crippen molar-refractivity contribution >= 4 is 0 Å². The van der Waals surface area contributed by atoms with E-state index in [0.717, 1.165) is 39.0 Å². The number of hydrogen-bond acceptors (Lipinski definition) is 4. The molecule has 0 aromatic rings. The van der Waals surface area contributed by atoms with Crippen LogP contribution in [-0.2, 0) is 4.74 Å². The molecule has 0 bridgehead atoms. The summed E-state index contributed by atoms with van der Waals surface area (Å²) in [4.78, 5) is 2.57. The zero-order valence-corrected chi connectivity index (χ0v) is 10.5. The Kier molecular flexibility index (Phi) is 3.66. The Balaban J connectivity index is 1.43. The van der Waals surface area contributed by atoms with Crippen molar-refractivity contribution in [2.45, 2.75) is 56.4 Å². The average molecular weight is 240 g/mol. The number of nitrogens with zero attached hydrogens (tertiary/aromatic N) is 1. The molecule has 2 aliphatic heterocycles. The van der Waals surface area contributed by atoms with Gasteiger partial charge in [-0.15, -0.1) is 0 Å². The van der Waals surface area contributed by atoms with Gasteiger partial charge in [-0.25, -0.2) is 0 Å². The average Bonchev–Trinajstić information content (AvgIpc) is 2.94. The summed E-state index contributed by atoms with van der Waals surface area (Å²) in [6.45, 7) is 4.11. The minimum absolute atomic E-state index is 0.141. The van der Waals surface area contributed by atoms with Crippen LogP contribution in [0, 0.1) is 0 Å². The highest BCUT2D eigenvalue weighted by Gasteiger charge is 2.33. The van der Waals surface area contributed by atoms with Crippen molar-refractivity contribution in [2.24, 2.45) is 0 Å². The van der Waals surface area contributed by atoms with E-state index in [4.69, 9.17) is 4.74 Å². The van der Waals surface area contributed by atoms with E-state index < -0.39 is 0 Å². The summed E-state index contributed by atoms with van der Waals surface area (Å²) in [5, 5.41) is 13.2. The summed E-state index contributed by atoms with van der Waals surface area (Å²) < 4.78 is 5.90. The van der Waals surface area contributed by atoms with Gasteiger partial charge < -0.3 is 15.2 Å². The van der Waals surface area contributed by atoms with E-state index in [2.05, 4.69) is 10.2 Å². The van der Waals surface area contributed by atoms with Crippen LogP contribution < -0.4 is 5.32 Å². The van der Waals surface area contributed by atoms with Crippen LogP contribution in [0.2, 0.25) is 0 Å². The summed E-state index contributed by atoms with van der Waals surface area (Å²) >= 11 is 0. The molecule has 17 heavy (non-hydrogen) atoms. The summed E-state index contributed by atoms with van der Waals surface area (Å²) in [6, 6.07) is 0.984. The molecule has 0 aromatic carbocycles. The lowest BCUT2D eigenvalue weighted by Gasteiger charge is -2.35. The molecule has 1 aliphatic carbocycles. The number of hydrogen-bond donors (Lipinski definition) is 2. The van der Waals surface area contributed by atoms with Crippen LogP contribution in [-0.4, -0.2) is 60.5 Å². The zero-order valence-electron chi connectivity index (χ0n) is 10.5. The summed E-state index contributed by atoms with van der Waals surface area (Å²) in [6.07, 6.45) is 6.03. The lowest BCUT2D eigenvalue weighted by atomic mass is 10.1. The van der Waals surface area contributed by atoms with Crippen molar-refractivity contribution in [3.63, 3.8) is 0 Å². The van der Waals surface area contributed by atoms with Gasteiger partial charge in [0.15, 0.2) is 0 Å². The van der Waals surface area contributed by atoms with Crippen molar-refractivity contribution in [1.82, 2.24) is 10.2 Å². The van der Waals surface area contributed by atoms with Crippen LogP contribution in [0.5, 0.6) is 0 Å². The topological polar surface area (TPSA) is 44.7 Å².